The SMILES string of the molecule is C=C(C)C(Cc1n[nH]nc1C)=N/C(=C/C1CN1)c1ccc(C(C)=C/C=C(\C)C2CCC(CC(O)O)CC2)nc1. The molecule has 2 aliphatic rings. The number of aromatic amines is 1. The maximum Gasteiger partial charge on any atom is 0.151 e. The number of aryl methyl sites for hydroxylation is 1. The summed E-state index contributed by atoms with van der Waals surface area (Å²) in [7, 11) is 0. The minimum Gasteiger partial charge on any atom is -0.368 e. The van der Waals surface area contributed by atoms with Crippen molar-refractivity contribution in [1.82, 2.24) is 25.7 Å². The van der Waals surface area contributed by atoms with E-state index in [1.165, 1.54) is 5.57 Å². The zero-order valence-electron chi connectivity index (χ0n) is 23.6. The number of aliphatic hydroxyl groups is 2. The van der Waals surface area contributed by atoms with Gasteiger partial charge in [-0.1, -0.05) is 24.3 Å². The summed E-state index contributed by atoms with van der Waals surface area (Å²) in [4.78, 5) is 9.79. The van der Waals surface area contributed by atoms with E-state index in [2.05, 4.69) is 71.5 Å². The minimum atomic E-state index is -1.19. The quantitative estimate of drug-likeness (QED) is 0.141. The van der Waals surface area contributed by atoms with Gasteiger partial charge >= 0.3 is 0 Å². The molecule has 1 atom stereocenters. The van der Waals surface area contributed by atoms with Crippen molar-refractivity contribution in [3.05, 3.63) is 76.9 Å². The van der Waals surface area contributed by atoms with Gasteiger partial charge in [0.1, 0.15) is 0 Å². The van der Waals surface area contributed by atoms with Crippen LogP contribution in [0.4, 0.5) is 0 Å². The van der Waals surface area contributed by atoms with Gasteiger partial charge in [0.15, 0.2) is 6.29 Å². The highest BCUT2D eigenvalue weighted by Crippen LogP contribution is 2.35. The highest BCUT2D eigenvalue weighted by molar-refractivity contribution is 6.03. The Morgan fingerprint density at radius 3 is 2.44 bits per heavy atom. The molecule has 1 saturated carbocycles. The number of aliphatic hydroxyl groups excluding tert-OH is 1. The average molecular weight is 531 g/mol. The number of allylic oxidation sites excluding steroid dienone is 5. The van der Waals surface area contributed by atoms with Crippen molar-refractivity contribution in [3.63, 3.8) is 0 Å². The zero-order valence-corrected chi connectivity index (χ0v) is 23.6. The molecule has 4 rings (SSSR count). The normalized spacial score (nSPS) is 22.9. The third-order valence-electron chi connectivity index (χ3n) is 7.80. The number of aliphatic imine (C=N–C) groups is 1. The maximum absolute atomic E-state index is 9.25. The molecule has 4 N–H and O–H groups in total. The molecular formula is C31H42N6O2. The highest BCUT2D eigenvalue weighted by Gasteiger charge is 2.23. The average Bonchev–Trinajstić information content (AvgIpc) is 3.65. The van der Waals surface area contributed by atoms with E-state index in [1.807, 2.05) is 20.0 Å². The lowest BCUT2D eigenvalue weighted by atomic mass is 9.77. The molecule has 1 saturated heterocycles. The van der Waals surface area contributed by atoms with Crippen molar-refractivity contribution in [2.24, 2.45) is 16.8 Å². The molecule has 208 valence electrons. The van der Waals surface area contributed by atoms with Crippen LogP contribution < -0.4 is 5.32 Å². The van der Waals surface area contributed by atoms with Gasteiger partial charge in [-0.25, -0.2) is 0 Å². The first-order valence-corrected chi connectivity index (χ1v) is 13.9. The zero-order chi connectivity index (χ0) is 27.9. The summed E-state index contributed by atoms with van der Waals surface area (Å²) in [5.74, 6) is 0.979. The second-order valence-corrected chi connectivity index (χ2v) is 11.1. The van der Waals surface area contributed by atoms with E-state index in [9.17, 15) is 10.2 Å². The Bertz CT molecular complexity index is 1260. The van der Waals surface area contributed by atoms with Crippen LogP contribution in [0.1, 0.15) is 75.5 Å². The van der Waals surface area contributed by atoms with Crippen LogP contribution in [0.2, 0.25) is 0 Å². The Kier molecular flexibility index (Phi) is 9.78. The lowest BCUT2D eigenvalue weighted by Crippen LogP contribution is -2.19. The standard InChI is InChI=1S/C31H42N6O2/c1-19(2)28(16-29-22(5)35-37-36-29)34-30(15-26-18-32-26)25-12-13-27(33-17-25)21(4)7-6-20(3)24-10-8-23(9-11-24)14-31(38)39/h6-7,12-13,15,17,23-24,26,31-32,38-39H,1,8-11,14,16,18H2,2-5H3,(H,35,36,37)/b20-6+,21-7?,30-15+,34-28?. The van der Waals surface area contributed by atoms with Gasteiger partial charge in [-0.15, -0.1) is 0 Å². The smallest absolute Gasteiger partial charge is 0.151 e. The van der Waals surface area contributed by atoms with Crippen LogP contribution in [0, 0.1) is 18.8 Å². The summed E-state index contributed by atoms with van der Waals surface area (Å²) in [5, 5.41) is 32.9. The molecule has 3 heterocycles. The third-order valence-corrected chi connectivity index (χ3v) is 7.80. The van der Waals surface area contributed by atoms with E-state index < -0.39 is 6.29 Å². The number of nitrogens with zero attached hydrogens (tertiary/aromatic N) is 4. The van der Waals surface area contributed by atoms with Gasteiger partial charge in [0.2, 0.25) is 0 Å². The number of hydrogen-bond donors (Lipinski definition) is 4. The van der Waals surface area contributed by atoms with Crippen LogP contribution in [-0.4, -0.2) is 55.2 Å². The molecular weight excluding hydrogens is 488 g/mol. The number of aromatic nitrogens is 4. The third kappa shape index (κ3) is 8.39. The first kappa shape index (κ1) is 28.8. The monoisotopic (exact) mass is 530 g/mol. The lowest BCUT2D eigenvalue weighted by Gasteiger charge is -2.29. The molecule has 2 aromatic rings. The van der Waals surface area contributed by atoms with E-state index in [1.54, 1.807) is 0 Å². The van der Waals surface area contributed by atoms with Crippen molar-refractivity contribution in [3.8, 4) is 0 Å². The van der Waals surface area contributed by atoms with Crippen LogP contribution in [0.25, 0.3) is 11.3 Å². The van der Waals surface area contributed by atoms with Crippen molar-refractivity contribution in [2.45, 2.75) is 78.6 Å². The molecule has 39 heavy (non-hydrogen) atoms. The summed E-state index contributed by atoms with van der Waals surface area (Å²) in [6, 6.07) is 4.46. The number of hydrogen-bond acceptors (Lipinski definition) is 7. The summed E-state index contributed by atoms with van der Waals surface area (Å²) in [6.07, 6.45) is 12.6. The van der Waals surface area contributed by atoms with E-state index in [0.29, 0.717) is 30.7 Å². The fourth-order valence-corrected chi connectivity index (χ4v) is 5.05. The molecule has 8 heteroatoms. The van der Waals surface area contributed by atoms with E-state index in [-0.39, 0.29) is 0 Å². The second kappa shape index (κ2) is 13.2. The van der Waals surface area contributed by atoms with Gasteiger partial charge in [0.05, 0.1) is 22.8 Å². The summed E-state index contributed by atoms with van der Waals surface area (Å²) in [5.41, 5.74) is 8.78. The van der Waals surface area contributed by atoms with Crippen molar-refractivity contribution in [1.29, 1.82) is 0 Å². The molecule has 0 bridgehead atoms. The molecule has 0 radical (unpaired) electrons. The van der Waals surface area contributed by atoms with E-state index >= 15 is 0 Å². The van der Waals surface area contributed by atoms with Crippen molar-refractivity contribution in [2.75, 3.05) is 6.54 Å². The highest BCUT2D eigenvalue weighted by atomic mass is 16.5. The molecule has 1 aliphatic carbocycles. The van der Waals surface area contributed by atoms with Crippen LogP contribution in [0.5, 0.6) is 0 Å². The van der Waals surface area contributed by atoms with E-state index in [4.69, 9.17) is 9.98 Å². The molecule has 0 aromatic carbocycles. The Morgan fingerprint density at radius 1 is 1.13 bits per heavy atom. The minimum absolute atomic E-state index is 0.321. The summed E-state index contributed by atoms with van der Waals surface area (Å²) >= 11 is 0. The Labute approximate surface area is 231 Å². The second-order valence-electron chi connectivity index (χ2n) is 11.1. The number of nitrogens with one attached hydrogen (secondary N) is 2. The largest absolute Gasteiger partial charge is 0.368 e. The first-order valence-electron chi connectivity index (χ1n) is 13.9. The molecule has 1 aliphatic heterocycles. The fourth-order valence-electron chi connectivity index (χ4n) is 5.05. The molecule has 1 unspecified atom stereocenters. The van der Waals surface area contributed by atoms with Gasteiger partial charge in [0.25, 0.3) is 0 Å². The Morgan fingerprint density at radius 2 is 1.87 bits per heavy atom. The predicted molar refractivity (Wildman–Crippen MR) is 157 cm³/mol. The van der Waals surface area contributed by atoms with Gasteiger partial charge < -0.3 is 15.5 Å². The van der Waals surface area contributed by atoms with Crippen molar-refractivity contribution >= 4 is 17.0 Å². The molecule has 2 aromatic heterocycles. The van der Waals surface area contributed by atoms with Crippen LogP contribution in [0.15, 0.2) is 59.3 Å². The number of rotatable bonds is 11. The summed E-state index contributed by atoms with van der Waals surface area (Å²) in [6.45, 7) is 13.3. The molecule has 2 fully saturated rings. The van der Waals surface area contributed by atoms with Gasteiger partial charge in [-0.3, -0.25) is 9.98 Å². The van der Waals surface area contributed by atoms with E-state index in [0.717, 1.165) is 77.4 Å². The first-order chi connectivity index (χ1) is 18.7. The van der Waals surface area contributed by atoms with Crippen molar-refractivity contribution < 1.29 is 10.2 Å². The number of H-pyrrole nitrogens is 1. The van der Waals surface area contributed by atoms with Crippen LogP contribution in [0.3, 0.4) is 0 Å². The van der Waals surface area contributed by atoms with Gasteiger partial charge in [0, 0.05) is 42.9 Å². The Hall–Kier alpha value is -3.20. The predicted octanol–water partition coefficient (Wildman–Crippen LogP) is 4.94. The van der Waals surface area contributed by atoms with Gasteiger partial charge in [-0.05, 0) is 94.6 Å². The molecule has 8 nitrogen and oxygen atoms in total. The van der Waals surface area contributed by atoms with Gasteiger partial charge in [-0.2, -0.15) is 15.4 Å². The lowest BCUT2D eigenvalue weighted by molar-refractivity contribution is -0.0596. The topological polar surface area (TPSA) is 129 Å². The number of pyridine rings is 1. The van der Waals surface area contributed by atoms with Crippen LogP contribution in [-0.2, 0) is 6.42 Å². The maximum atomic E-state index is 9.25. The van der Waals surface area contributed by atoms with Crippen LogP contribution >= 0.6 is 0 Å². The molecule has 0 spiro atoms. The fraction of sp³-hybridized carbons (Fsp3) is 0.484. The Balaban J connectivity index is 1.46. The summed E-state index contributed by atoms with van der Waals surface area (Å²) < 4.78 is 0. The molecule has 0 amide bonds.